The average molecular weight is 302 g/mol. The van der Waals surface area contributed by atoms with E-state index in [0.717, 1.165) is 18.1 Å². The van der Waals surface area contributed by atoms with Crippen molar-refractivity contribution in [1.82, 2.24) is 10.3 Å². The predicted molar refractivity (Wildman–Crippen MR) is 93.0 cm³/mol. The molecule has 0 spiro atoms. The SMILES string of the molecule is CCCCNCc1sc(-c2cccc(C)c2)nc1C(C)C. The van der Waals surface area contributed by atoms with Crippen LogP contribution < -0.4 is 5.32 Å². The minimum atomic E-state index is 0.475. The smallest absolute Gasteiger partial charge is 0.123 e. The molecule has 1 N–H and O–H groups in total. The van der Waals surface area contributed by atoms with E-state index < -0.39 is 0 Å². The molecule has 0 aliphatic heterocycles. The Balaban J connectivity index is 2.20. The molecule has 0 unspecified atom stereocenters. The highest BCUT2D eigenvalue weighted by Crippen LogP contribution is 2.32. The number of unbranched alkanes of at least 4 members (excludes halogenated alkanes) is 1. The molecule has 2 rings (SSSR count). The molecule has 0 saturated carbocycles. The van der Waals surface area contributed by atoms with Gasteiger partial charge in [-0.3, -0.25) is 0 Å². The quantitative estimate of drug-likeness (QED) is 0.717. The van der Waals surface area contributed by atoms with Gasteiger partial charge in [0.25, 0.3) is 0 Å². The molecule has 0 fully saturated rings. The molecule has 0 aliphatic carbocycles. The lowest BCUT2D eigenvalue weighted by Gasteiger charge is -2.06. The number of hydrogen-bond acceptors (Lipinski definition) is 3. The Hall–Kier alpha value is -1.19. The zero-order valence-corrected chi connectivity index (χ0v) is 14.4. The first-order valence-electron chi connectivity index (χ1n) is 7.89. The third-order valence-corrected chi connectivity index (χ3v) is 4.65. The summed E-state index contributed by atoms with van der Waals surface area (Å²) in [6.45, 7) is 10.8. The van der Waals surface area contributed by atoms with Crippen LogP contribution in [0.4, 0.5) is 0 Å². The van der Waals surface area contributed by atoms with Crippen molar-refractivity contribution in [3.05, 3.63) is 40.4 Å². The highest BCUT2D eigenvalue weighted by Gasteiger charge is 2.15. The van der Waals surface area contributed by atoms with Crippen molar-refractivity contribution in [3.8, 4) is 10.6 Å². The summed E-state index contributed by atoms with van der Waals surface area (Å²) < 4.78 is 0. The monoisotopic (exact) mass is 302 g/mol. The summed E-state index contributed by atoms with van der Waals surface area (Å²) in [7, 11) is 0. The summed E-state index contributed by atoms with van der Waals surface area (Å²) in [5.41, 5.74) is 3.78. The third kappa shape index (κ3) is 4.39. The van der Waals surface area contributed by atoms with Gasteiger partial charge in [-0.05, 0) is 31.9 Å². The largest absolute Gasteiger partial charge is 0.312 e. The number of nitrogens with zero attached hydrogens (tertiary/aromatic N) is 1. The molecule has 1 heterocycles. The molecule has 2 aromatic rings. The van der Waals surface area contributed by atoms with Gasteiger partial charge in [0.2, 0.25) is 0 Å². The number of rotatable bonds is 7. The Labute approximate surface area is 132 Å². The van der Waals surface area contributed by atoms with Crippen molar-refractivity contribution in [1.29, 1.82) is 0 Å². The molecule has 0 amide bonds. The Kier molecular flexibility index (Phi) is 5.95. The molecule has 1 aromatic heterocycles. The Morgan fingerprint density at radius 2 is 2.10 bits per heavy atom. The van der Waals surface area contributed by atoms with E-state index in [0.29, 0.717) is 5.92 Å². The standard InChI is InChI=1S/C18H26N2S/c1-5-6-10-19-12-16-17(13(2)3)20-18(21-16)15-9-7-8-14(4)11-15/h7-9,11,13,19H,5-6,10,12H2,1-4H3. The fourth-order valence-electron chi connectivity index (χ4n) is 2.35. The fraction of sp³-hybridized carbons (Fsp3) is 0.500. The van der Waals surface area contributed by atoms with Crippen LogP contribution in [-0.4, -0.2) is 11.5 Å². The number of hydrogen-bond donors (Lipinski definition) is 1. The van der Waals surface area contributed by atoms with Crippen molar-refractivity contribution >= 4 is 11.3 Å². The molecule has 0 radical (unpaired) electrons. The van der Waals surface area contributed by atoms with Gasteiger partial charge in [0, 0.05) is 17.0 Å². The van der Waals surface area contributed by atoms with E-state index in [2.05, 4.69) is 57.3 Å². The molecule has 114 valence electrons. The first-order valence-corrected chi connectivity index (χ1v) is 8.70. The lowest BCUT2D eigenvalue weighted by Crippen LogP contribution is -2.14. The van der Waals surface area contributed by atoms with Gasteiger partial charge in [0.1, 0.15) is 5.01 Å². The lowest BCUT2D eigenvalue weighted by molar-refractivity contribution is 0.639. The molecule has 0 atom stereocenters. The Morgan fingerprint density at radius 1 is 1.29 bits per heavy atom. The van der Waals surface area contributed by atoms with Crippen LogP contribution in [0.3, 0.4) is 0 Å². The number of thiazole rings is 1. The Morgan fingerprint density at radius 3 is 2.76 bits per heavy atom. The van der Waals surface area contributed by atoms with E-state index in [1.807, 2.05) is 11.3 Å². The maximum atomic E-state index is 4.90. The predicted octanol–water partition coefficient (Wildman–Crippen LogP) is 5.13. The normalized spacial score (nSPS) is 11.3. The minimum Gasteiger partial charge on any atom is -0.312 e. The molecule has 1 aromatic carbocycles. The van der Waals surface area contributed by atoms with Crippen LogP contribution >= 0.6 is 11.3 Å². The summed E-state index contributed by atoms with van der Waals surface area (Å²) in [5.74, 6) is 0.475. The maximum Gasteiger partial charge on any atom is 0.123 e. The van der Waals surface area contributed by atoms with Crippen LogP contribution in [0.2, 0.25) is 0 Å². The molecule has 0 bridgehead atoms. The molecule has 0 aliphatic rings. The van der Waals surface area contributed by atoms with Crippen molar-refractivity contribution in [3.63, 3.8) is 0 Å². The molecular formula is C18H26N2S. The molecule has 0 saturated heterocycles. The van der Waals surface area contributed by atoms with Crippen molar-refractivity contribution in [2.24, 2.45) is 0 Å². The van der Waals surface area contributed by atoms with Crippen molar-refractivity contribution in [2.45, 2.75) is 53.0 Å². The minimum absolute atomic E-state index is 0.475. The summed E-state index contributed by atoms with van der Waals surface area (Å²) in [6, 6.07) is 8.62. The van der Waals surface area contributed by atoms with Gasteiger partial charge in [-0.25, -0.2) is 4.98 Å². The topological polar surface area (TPSA) is 24.9 Å². The van der Waals surface area contributed by atoms with E-state index >= 15 is 0 Å². The highest BCUT2D eigenvalue weighted by atomic mass is 32.1. The molecule has 21 heavy (non-hydrogen) atoms. The Bertz CT molecular complexity index is 572. The van der Waals surface area contributed by atoms with E-state index in [4.69, 9.17) is 4.98 Å². The van der Waals surface area contributed by atoms with Gasteiger partial charge in [0.15, 0.2) is 0 Å². The van der Waals surface area contributed by atoms with E-state index in [9.17, 15) is 0 Å². The van der Waals surface area contributed by atoms with E-state index in [-0.39, 0.29) is 0 Å². The third-order valence-electron chi connectivity index (χ3n) is 3.53. The van der Waals surface area contributed by atoms with Gasteiger partial charge in [-0.2, -0.15) is 0 Å². The fourth-order valence-corrected chi connectivity index (χ4v) is 3.53. The molecule has 3 heteroatoms. The summed E-state index contributed by atoms with van der Waals surface area (Å²) in [6.07, 6.45) is 2.47. The average Bonchev–Trinajstić information content (AvgIpc) is 2.88. The molecule has 2 nitrogen and oxygen atoms in total. The van der Waals surface area contributed by atoms with Crippen LogP contribution in [0, 0.1) is 6.92 Å². The molecular weight excluding hydrogens is 276 g/mol. The van der Waals surface area contributed by atoms with Gasteiger partial charge in [0.05, 0.1) is 5.69 Å². The first kappa shape index (κ1) is 16.2. The number of aromatic nitrogens is 1. The van der Waals surface area contributed by atoms with Crippen LogP contribution in [0.15, 0.2) is 24.3 Å². The highest BCUT2D eigenvalue weighted by molar-refractivity contribution is 7.15. The van der Waals surface area contributed by atoms with Crippen LogP contribution in [0.1, 0.15) is 55.7 Å². The first-order chi connectivity index (χ1) is 10.1. The number of nitrogens with one attached hydrogen (secondary N) is 1. The van der Waals surface area contributed by atoms with Gasteiger partial charge in [-0.15, -0.1) is 11.3 Å². The van der Waals surface area contributed by atoms with Gasteiger partial charge >= 0.3 is 0 Å². The van der Waals surface area contributed by atoms with Gasteiger partial charge in [-0.1, -0.05) is 51.0 Å². The van der Waals surface area contributed by atoms with Crippen LogP contribution in [-0.2, 0) is 6.54 Å². The number of benzene rings is 1. The van der Waals surface area contributed by atoms with Crippen molar-refractivity contribution < 1.29 is 0 Å². The zero-order valence-electron chi connectivity index (χ0n) is 13.6. The maximum absolute atomic E-state index is 4.90. The van der Waals surface area contributed by atoms with E-state index in [1.165, 1.54) is 34.5 Å². The van der Waals surface area contributed by atoms with E-state index in [1.54, 1.807) is 0 Å². The lowest BCUT2D eigenvalue weighted by atomic mass is 10.1. The second-order valence-corrected chi connectivity index (χ2v) is 6.97. The zero-order chi connectivity index (χ0) is 15.2. The summed E-state index contributed by atoms with van der Waals surface area (Å²) in [5, 5.41) is 4.69. The second-order valence-electron chi connectivity index (χ2n) is 5.88. The van der Waals surface area contributed by atoms with Crippen molar-refractivity contribution in [2.75, 3.05) is 6.54 Å². The van der Waals surface area contributed by atoms with Gasteiger partial charge < -0.3 is 5.32 Å². The summed E-state index contributed by atoms with van der Waals surface area (Å²) in [4.78, 5) is 6.29. The second kappa shape index (κ2) is 7.71. The van der Waals surface area contributed by atoms with Crippen LogP contribution in [0.25, 0.3) is 10.6 Å². The number of aryl methyl sites for hydroxylation is 1. The summed E-state index contributed by atoms with van der Waals surface area (Å²) >= 11 is 1.83. The van der Waals surface area contributed by atoms with Crippen LogP contribution in [0.5, 0.6) is 0 Å².